The second kappa shape index (κ2) is 4.59. The molecule has 0 spiro atoms. The van der Waals surface area contributed by atoms with Gasteiger partial charge in [0.25, 0.3) is 0 Å². The van der Waals surface area contributed by atoms with Crippen molar-refractivity contribution in [3.63, 3.8) is 0 Å². The lowest BCUT2D eigenvalue weighted by Crippen LogP contribution is -2.04. The normalized spacial score (nSPS) is 12.4. The highest BCUT2D eigenvalue weighted by Gasteiger charge is 2.15. The molecule has 2 aromatic heterocycles. The van der Waals surface area contributed by atoms with Gasteiger partial charge in [0.2, 0.25) is 5.88 Å². The van der Waals surface area contributed by atoms with Crippen molar-refractivity contribution in [1.29, 1.82) is 0 Å². The second-order valence-corrected chi connectivity index (χ2v) is 4.46. The second-order valence-electron chi connectivity index (χ2n) is 3.34. The molecule has 0 fully saturated rings. The third-order valence-electron chi connectivity index (χ3n) is 2.34. The van der Waals surface area contributed by atoms with Crippen LogP contribution in [0.2, 0.25) is 0 Å². The summed E-state index contributed by atoms with van der Waals surface area (Å²) in [5.41, 5.74) is 1.41. The number of nitrogens with zero attached hydrogens (tertiary/aromatic N) is 2. The van der Waals surface area contributed by atoms with Gasteiger partial charge >= 0.3 is 0 Å². The molecule has 1 atom stereocenters. The van der Waals surface area contributed by atoms with Gasteiger partial charge in [-0.2, -0.15) is 0 Å². The highest BCUT2D eigenvalue weighted by Crippen LogP contribution is 2.26. The molecule has 1 N–H and O–H groups in total. The minimum atomic E-state index is -0.718. The summed E-state index contributed by atoms with van der Waals surface area (Å²) in [4.78, 5) is 1.09. The first-order chi connectivity index (χ1) is 7.72. The van der Waals surface area contributed by atoms with E-state index in [-0.39, 0.29) is 0 Å². The SMILES string of the molecule is COc1ccc(C(O)c2ccsc2C)nn1. The molecule has 0 bridgehead atoms. The van der Waals surface area contributed by atoms with E-state index in [9.17, 15) is 5.11 Å². The van der Waals surface area contributed by atoms with Gasteiger partial charge < -0.3 is 9.84 Å². The van der Waals surface area contributed by atoms with Crippen LogP contribution in [0.4, 0.5) is 0 Å². The van der Waals surface area contributed by atoms with E-state index in [4.69, 9.17) is 4.74 Å². The molecule has 0 aromatic carbocycles. The number of rotatable bonds is 3. The van der Waals surface area contributed by atoms with Gasteiger partial charge in [-0.25, -0.2) is 0 Å². The maximum Gasteiger partial charge on any atom is 0.233 e. The fourth-order valence-electron chi connectivity index (χ4n) is 1.42. The summed E-state index contributed by atoms with van der Waals surface area (Å²) in [5, 5.41) is 19.8. The largest absolute Gasteiger partial charge is 0.480 e. The van der Waals surface area contributed by atoms with E-state index < -0.39 is 6.10 Å². The lowest BCUT2D eigenvalue weighted by Gasteiger charge is -2.09. The van der Waals surface area contributed by atoms with Crippen LogP contribution >= 0.6 is 11.3 Å². The van der Waals surface area contributed by atoms with E-state index in [0.29, 0.717) is 11.6 Å². The maximum absolute atomic E-state index is 10.1. The van der Waals surface area contributed by atoms with Crippen LogP contribution in [-0.2, 0) is 0 Å². The summed E-state index contributed by atoms with van der Waals surface area (Å²) >= 11 is 1.60. The minimum absolute atomic E-state index is 0.443. The summed E-state index contributed by atoms with van der Waals surface area (Å²) in [6.07, 6.45) is -0.718. The number of methoxy groups -OCH3 is 1. The molecule has 4 nitrogen and oxygen atoms in total. The zero-order chi connectivity index (χ0) is 11.5. The Bertz CT molecular complexity index is 467. The van der Waals surface area contributed by atoms with Gasteiger partial charge in [-0.1, -0.05) is 0 Å². The molecule has 0 amide bonds. The van der Waals surface area contributed by atoms with E-state index in [1.165, 1.54) is 7.11 Å². The van der Waals surface area contributed by atoms with Crippen molar-refractivity contribution >= 4 is 11.3 Å². The number of hydrogen-bond acceptors (Lipinski definition) is 5. The Labute approximate surface area is 97.5 Å². The van der Waals surface area contributed by atoms with E-state index >= 15 is 0 Å². The predicted octanol–water partition coefficient (Wildman–Crippen LogP) is 1.94. The monoisotopic (exact) mass is 236 g/mol. The Balaban J connectivity index is 2.27. The highest BCUT2D eigenvalue weighted by atomic mass is 32.1. The number of hydrogen-bond donors (Lipinski definition) is 1. The lowest BCUT2D eigenvalue weighted by molar-refractivity contribution is 0.213. The van der Waals surface area contributed by atoms with Crippen LogP contribution in [0.3, 0.4) is 0 Å². The van der Waals surface area contributed by atoms with Crippen LogP contribution in [-0.4, -0.2) is 22.4 Å². The van der Waals surface area contributed by atoms with Crippen molar-refractivity contribution in [3.8, 4) is 5.88 Å². The van der Waals surface area contributed by atoms with Crippen LogP contribution in [0, 0.1) is 6.92 Å². The average molecular weight is 236 g/mol. The molecule has 5 heteroatoms. The molecule has 0 saturated carbocycles. The molecule has 16 heavy (non-hydrogen) atoms. The molecule has 0 aliphatic heterocycles. The summed E-state index contributed by atoms with van der Waals surface area (Å²) in [5.74, 6) is 0.443. The summed E-state index contributed by atoms with van der Waals surface area (Å²) in [6, 6.07) is 5.30. The number of aliphatic hydroxyl groups is 1. The van der Waals surface area contributed by atoms with Gasteiger partial charge in [-0.15, -0.1) is 21.5 Å². The zero-order valence-electron chi connectivity index (χ0n) is 9.04. The quantitative estimate of drug-likeness (QED) is 0.884. The number of aryl methyl sites for hydroxylation is 1. The van der Waals surface area contributed by atoms with Gasteiger partial charge in [0.05, 0.1) is 12.8 Å². The molecule has 2 rings (SSSR count). The van der Waals surface area contributed by atoms with Crippen molar-refractivity contribution in [2.45, 2.75) is 13.0 Å². The molecule has 1 unspecified atom stereocenters. The third kappa shape index (κ3) is 2.05. The van der Waals surface area contributed by atoms with Crippen molar-refractivity contribution in [3.05, 3.63) is 39.7 Å². The molecule has 0 radical (unpaired) electrons. The number of ether oxygens (including phenoxy) is 1. The molecule has 2 heterocycles. The molecule has 2 aromatic rings. The Hall–Kier alpha value is -1.46. The number of thiophene rings is 1. The van der Waals surface area contributed by atoms with Gasteiger partial charge in [-0.3, -0.25) is 0 Å². The van der Waals surface area contributed by atoms with E-state index in [2.05, 4.69) is 10.2 Å². The van der Waals surface area contributed by atoms with Gasteiger partial charge in [0.1, 0.15) is 6.10 Å². The fourth-order valence-corrected chi connectivity index (χ4v) is 2.16. The van der Waals surface area contributed by atoms with Crippen molar-refractivity contribution in [2.75, 3.05) is 7.11 Å². The van der Waals surface area contributed by atoms with E-state index in [1.807, 2.05) is 18.4 Å². The first-order valence-corrected chi connectivity index (χ1v) is 5.70. The Morgan fingerprint density at radius 1 is 1.31 bits per heavy atom. The molecule has 0 saturated heterocycles. The Morgan fingerprint density at radius 2 is 2.12 bits per heavy atom. The standard InChI is InChI=1S/C11H12N2O2S/c1-7-8(5-6-16-7)11(14)9-3-4-10(15-2)13-12-9/h3-6,11,14H,1-2H3. The van der Waals surface area contributed by atoms with Gasteiger partial charge in [-0.05, 0) is 24.4 Å². The average Bonchev–Trinajstić information content (AvgIpc) is 2.75. The topological polar surface area (TPSA) is 55.2 Å². The first-order valence-electron chi connectivity index (χ1n) is 4.82. The van der Waals surface area contributed by atoms with Crippen LogP contribution in [0.5, 0.6) is 5.88 Å². The van der Waals surface area contributed by atoms with Crippen LogP contribution in [0.15, 0.2) is 23.6 Å². The van der Waals surface area contributed by atoms with E-state index in [0.717, 1.165) is 10.4 Å². The summed E-state index contributed by atoms with van der Waals surface area (Å²) in [6.45, 7) is 1.97. The maximum atomic E-state index is 10.1. The zero-order valence-corrected chi connectivity index (χ0v) is 9.86. The predicted molar refractivity (Wildman–Crippen MR) is 61.7 cm³/mol. The molecule has 84 valence electrons. The number of aliphatic hydroxyl groups excluding tert-OH is 1. The molecular weight excluding hydrogens is 224 g/mol. The van der Waals surface area contributed by atoms with Crippen LogP contribution < -0.4 is 4.74 Å². The summed E-state index contributed by atoms with van der Waals surface area (Å²) in [7, 11) is 1.53. The molecular formula is C11H12N2O2S. The smallest absolute Gasteiger partial charge is 0.233 e. The molecule has 0 aliphatic rings. The minimum Gasteiger partial charge on any atom is -0.480 e. The third-order valence-corrected chi connectivity index (χ3v) is 3.20. The van der Waals surface area contributed by atoms with Gasteiger partial charge in [0.15, 0.2) is 0 Å². The van der Waals surface area contributed by atoms with Crippen LogP contribution in [0.25, 0.3) is 0 Å². The van der Waals surface area contributed by atoms with Crippen LogP contribution in [0.1, 0.15) is 22.2 Å². The van der Waals surface area contributed by atoms with E-state index in [1.54, 1.807) is 23.5 Å². The lowest BCUT2D eigenvalue weighted by atomic mass is 10.1. The number of aromatic nitrogens is 2. The fraction of sp³-hybridized carbons (Fsp3) is 0.273. The van der Waals surface area contributed by atoms with Crippen molar-refractivity contribution < 1.29 is 9.84 Å². The Kier molecular flexibility index (Phi) is 3.17. The summed E-state index contributed by atoms with van der Waals surface area (Å²) < 4.78 is 4.91. The first kappa shape index (κ1) is 11.0. The molecule has 0 aliphatic carbocycles. The van der Waals surface area contributed by atoms with Crippen molar-refractivity contribution in [1.82, 2.24) is 10.2 Å². The van der Waals surface area contributed by atoms with Gasteiger partial charge in [0, 0.05) is 16.5 Å². The Morgan fingerprint density at radius 3 is 2.62 bits per heavy atom. The van der Waals surface area contributed by atoms with Crippen molar-refractivity contribution in [2.24, 2.45) is 0 Å². The highest BCUT2D eigenvalue weighted by molar-refractivity contribution is 7.10.